The van der Waals surface area contributed by atoms with Crippen molar-refractivity contribution in [1.82, 2.24) is 4.90 Å². The second-order valence-electron chi connectivity index (χ2n) is 7.09. The van der Waals surface area contributed by atoms with Crippen molar-refractivity contribution in [3.63, 3.8) is 0 Å². The Hall–Kier alpha value is -1.06. The molecule has 1 aromatic carbocycles. The molecule has 0 spiro atoms. The lowest BCUT2D eigenvalue weighted by Gasteiger charge is -2.36. The Bertz CT molecular complexity index is 421. The molecule has 2 N–H and O–H groups in total. The molecule has 0 aliphatic carbocycles. The van der Waals surface area contributed by atoms with Crippen molar-refractivity contribution >= 4 is 5.69 Å². The van der Waals surface area contributed by atoms with Crippen molar-refractivity contribution in [3.05, 3.63) is 29.8 Å². The SMILES string of the molecule is CN(C)c1ccc(CC(C)(CN)CN2CCCCC2)cc1. The van der Waals surface area contributed by atoms with E-state index >= 15 is 0 Å². The summed E-state index contributed by atoms with van der Waals surface area (Å²) in [7, 11) is 4.16. The number of rotatable bonds is 6. The predicted octanol–water partition coefficient (Wildman–Crippen LogP) is 2.75. The van der Waals surface area contributed by atoms with Crippen LogP contribution in [0.2, 0.25) is 0 Å². The molecule has 1 atom stereocenters. The summed E-state index contributed by atoms with van der Waals surface area (Å²) in [6.07, 6.45) is 5.14. The van der Waals surface area contributed by atoms with Gasteiger partial charge in [-0.25, -0.2) is 0 Å². The molecule has 1 aromatic rings. The van der Waals surface area contributed by atoms with Crippen LogP contribution in [0.1, 0.15) is 31.7 Å². The summed E-state index contributed by atoms with van der Waals surface area (Å²) in [5.74, 6) is 0. The minimum atomic E-state index is 0.178. The molecule has 21 heavy (non-hydrogen) atoms. The molecule has 1 aliphatic rings. The van der Waals surface area contributed by atoms with Crippen LogP contribution >= 0.6 is 0 Å². The molecule has 1 aliphatic heterocycles. The van der Waals surface area contributed by atoms with E-state index in [9.17, 15) is 0 Å². The number of anilines is 1. The highest BCUT2D eigenvalue weighted by molar-refractivity contribution is 5.46. The van der Waals surface area contributed by atoms with Gasteiger partial charge in [0, 0.05) is 26.3 Å². The van der Waals surface area contributed by atoms with Gasteiger partial charge in [-0.05, 0) is 62.0 Å². The smallest absolute Gasteiger partial charge is 0.0361 e. The number of nitrogens with two attached hydrogens (primary N) is 1. The first-order valence-corrected chi connectivity index (χ1v) is 8.21. The number of piperidine rings is 1. The second kappa shape index (κ2) is 7.28. The zero-order chi connectivity index (χ0) is 15.3. The van der Waals surface area contributed by atoms with Gasteiger partial charge in [0.15, 0.2) is 0 Å². The fourth-order valence-corrected chi connectivity index (χ4v) is 3.25. The third-order valence-corrected chi connectivity index (χ3v) is 4.63. The Balaban J connectivity index is 1.99. The lowest BCUT2D eigenvalue weighted by Crippen LogP contribution is -2.44. The Morgan fingerprint density at radius 2 is 1.71 bits per heavy atom. The summed E-state index contributed by atoms with van der Waals surface area (Å²) >= 11 is 0. The van der Waals surface area contributed by atoms with E-state index in [-0.39, 0.29) is 5.41 Å². The van der Waals surface area contributed by atoms with Crippen molar-refractivity contribution in [2.75, 3.05) is 45.2 Å². The van der Waals surface area contributed by atoms with Gasteiger partial charge in [-0.2, -0.15) is 0 Å². The second-order valence-corrected chi connectivity index (χ2v) is 7.09. The van der Waals surface area contributed by atoms with Gasteiger partial charge < -0.3 is 15.5 Å². The molecule has 0 saturated carbocycles. The van der Waals surface area contributed by atoms with Gasteiger partial charge in [0.2, 0.25) is 0 Å². The summed E-state index contributed by atoms with van der Waals surface area (Å²) < 4.78 is 0. The lowest BCUT2D eigenvalue weighted by molar-refractivity contribution is 0.145. The van der Waals surface area contributed by atoms with Crippen LogP contribution in [0.15, 0.2) is 24.3 Å². The van der Waals surface area contributed by atoms with Gasteiger partial charge >= 0.3 is 0 Å². The van der Waals surface area contributed by atoms with Crippen LogP contribution in [0, 0.1) is 5.41 Å². The molecule has 1 saturated heterocycles. The van der Waals surface area contributed by atoms with E-state index in [1.165, 1.54) is 43.6 Å². The molecule has 0 bridgehead atoms. The van der Waals surface area contributed by atoms with Gasteiger partial charge in [-0.15, -0.1) is 0 Å². The Morgan fingerprint density at radius 1 is 1.10 bits per heavy atom. The number of likely N-dealkylation sites (tertiary alicyclic amines) is 1. The fourth-order valence-electron chi connectivity index (χ4n) is 3.25. The van der Waals surface area contributed by atoms with Gasteiger partial charge in [0.05, 0.1) is 0 Å². The average Bonchev–Trinajstić information content (AvgIpc) is 2.48. The monoisotopic (exact) mass is 289 g/mol. The van der Waals surface area contributed by atoms with E-state index in [1.54, 1.807) is 0 Å². The average molecular weight is 289 g/mol. The van der Waals surface area contributed by atoms with E-state index in [0.717, 1.165) is 19.5 Å². The molecule has 1 unspecified atom stereocenters. The minimum absolute atomic E-state index is 0.178. The highest BCUT2D eigenvalue weighted by Crippen LogP contribution is 2.25. The van der Waals surface area contributed by atoms with E-state index in [1.807, 2.05) is 0 Å². The van der Waals surface area contributed by atoms with Crippen molar-refractivity contribution in [1.29, 1.82) is 0 Å². The van der Waals surface area contributed by atoms with Crippen molar-refractivity contribution in [3.8, 4) is 0 Å². The lowest BCUT2D eigenvalue weighted by atomic mass is 9.82. The van der Waals surface area contributed by atoms with Crippen LogP contribution in [0.4, 0.5) is 5.69 Å². The van der Waals surface area contributed by atoms with Crippen LogP contribution in [0.3, 0.4) is 0 Å². The van der Waals surface area contributed by atoms with Crippen LogP contribution in [-0.2, 0) is 6.42 Å². The van der Waals surface area contributed by atoms with Crippen LogP contribution in [0.25, 0.3) is 0 Å². The summed E-state index contributed by atoms with van der Waals surface area (Å²) in [5, 5.41) is 0. The van der Waals surface area contributed by atoms with Gasteiger partial charge in [0.1, 0.15) is 0 Å². The molecule has 3 nitrogen and oxygen atoms in total. The number of hydrogen-bond acceptors (Lipinski definition) is 3. The fraction of sp³-hybridized carbons (Fsp3) is 0.667. The largest absolute Gasteiger partial charge is 0.378 e. The van der Waals surface area contributed by atoms with Gasteiger partial charge in [-0.3, -0.25) is 0 Å². The zero-order valence-electron chi connectivity index (χ0n) is 13.9. The van der Waals surface area contributed by atoms with E-state index in [4.69, 9.17) is 5.73 Å². The standard InChI is InChI=1S/C18H31N3/c1-18(14-19,15-21-11-5-4-6-12-21)13-16-7-9-17(10-8-16)20(2)3/h7-10H,4-6,11-15,19H2,1-3H3. The van der Waals surface area contributed by atoms with Crippen molar-refractivity contribution in [2.45, 2.75) is 32.6 Å². The maximum Gasteiger partial charge on any atom is 0.0361 e. The van der Waals surface area contributed by atoms with Crippen LogP contribution < -0.4 is 10.6 Å². The molecule has 1 heterocycles. The zero-order valence-corrected chi connectivity index (χ0v) is 13.9. The Morgan fingerprint density at radius 3 is 2.24 bits per heavy atom. The summed E-state index contributed by atoms with van der Waals surface area (Å²) in [6.45, 7) is 6.70. The number of benzene rings is 1. The highest BCUT2D eigenvalue weighted by Gasteiger charge is 2.26. The van der Waals surface area contributed by atoms with Gasteiger partial charge in [0.25, 0.3) is 0 Å². The Kier molecular flexibility index (Phi) is 5.65. The van der Waals surface area contributed by atoms with Crippen LogP contribution in [0.5, 0.6) is 0 Å². The van der Waals surface area contributed by atoms with Crippen molar-refractivity contribution < 1.29 is 0 Å². The molecule has 2 rings (SSSR count). The quantitative estimate of drug-likeness (QED) is 0.874. The van der Waals surface area contributed by atoms with Crippen molar-refractivity contribution in [2.24, 2.45) is 11.1 Å². The van der Waals surface area contributed by atoms with E-state index in [0.29, 0.717) is 0 Å². The third-order valence-electron chi connectivity index (χ3n) is 4.63. The number of nitrogens with zero attached hydrogens (tertiary/aromatic N) is 2. The molecule has 1 fully saturated rings. The maximum absolute atomic E-state index is 6.12. The summed E-state index contributed by atoms with van der Waals surface area (Å²) in [4.78, 5) is 4.74. The molecule has 0 radical (unpaired) electrons. The van der Waals surface area contributed by atoms with E-state index < -0.39 is 0 Å². The predicted molar refractivity (Wildman–Crippen MR) is 91.9 cm³/mol. The molecule has 3 heteroatoms. The molecule has 118 valence electrons. The first-order chi connectivity index (χ1) is 10.0. The van der Waals surface area contributed by atoms with Gasteiger partial charge in [-0.1, -0.05) is 25.5 Å². The normalized spacial score (nSPS) is 19.2. The first kappa shape index (κ1) is 16.3. The number of hydrogen-bond donors (Lipinski definition) is 1. The molecule has 0 amide bonds. The van der Waals surface area contributed by atoms with Crippen LogP contribution in [-0.4, -0.2) is 45.2 Å². The molecular formula is C18H31N3. The molecule has 0 aromatic heterocycles. The summed E-state index contributed by atoms with van der Waals surface area (Å²) in [6, 6.07) is 8.90. The summed E-state index contributed by atoms with van der Waals surface area (Å²) in [5.41, 5.74) is 8.94. The maximum atomic E-state index is 6.12. The highest BCUT2D eigenvalue weighted by atomic mass is 15.1. The Labute approximate surface area is 130 Å². The third kappa shape index (κ3) is 4.72. The van der Waals surface area contributed by atoms with E-state index in [2.05, 4.69) is 55.1 Å². The minimum Gasteiger partial charge on any atom is -0.378 e. The molecular weight excluding hydrogens is 258 g/mol. The topological polar surface area (TPSA) is 32.5 Å². The first-order valence-electron chi connectivity index (χ1n) is 8.21.